The van der Waals surface area contributed by atoms with Crippen molar-refractivity contribution in [3.8, 4) is 0 Å². The summed E-state index contributed by atoms with van der Waals surface area (Å²) in [6.45, 7) is 5.76. The van der Waals surface area contributed by atoms with Crippen molar-refractivity contribution in [1.82, 2.24) is 4.90 Å². The number of rotatable bonds is 3. The minimum atomic E-state index is 0.207. The molecule has 0 aromatic carbocycles. The van der Waals surface area contributed by atoms with E-state index < -0.39 is 0 Å². The lowest BCUT2D eigenvalue weighted by molar-refractivity contribution is -0.134. The average Bonchev–Trinajstić information content (AvgIpc) is 2.54. The van der Waals surface area contributed by atoms with Crippen LogP contribution < -0.4 is 5.73 Å². The molecule has 1 amide bonds. The fourth-order valence-electron chi connectivity index (χ4n) is 1.88. The summed E-state index contributed by atoms with van der Waals surface area (Å²) in [5.41, 5.74) is 5.75. The van der Waals surface area contributed by atoms with Crippen molar-refractivity contribution in [3.05, 3.63) is 0 Å². The molecule has 0 bridgehead atoms. The normalized spacial score (nSPS) is 22.8. The molecule has 0 saturated carbocycles. The molecular formula is C10H20N2O. The van der Waals surface area contributed by atoms with E-state index in [1.807, 2.05) is 4.90 Å². The molecule has 2 N–H and O–H groups in total. The molecule has 0 aromatic rings. The van der Waals surface area contributed by atoms with Gasteiger partial charge >= 0.3 is 0 Å². The molecule has 1 atom stereocenters. The van der Waals surface area contributed by atoms with Crippen LogP contribution in [0.15, 0.2) is 0 Å². The van der Waals surface area contributed by atoms with Gasteiger partial charge in [0.2, 0.25) is 5.91 Å². The highest BCUT2D eigenvalue weighted by Gasteiger charge is 2.27. The summed E-state index contributed by atoms with van der Waals surface area (Å²) in [5.74, 6) is 0.517. The number of carbonyl (C=O) groups excluding carboxylic acids is 1. The molecule has 0 spiro atoms. The summed E-state index contributed by atoms with van der Waals surface area (Å²) in [5, 5.41) is 0. The zero-order valence-electron chi connectivity index (χ0n) is 8.62. The molecule has 13 heavy (non-hydrogen) atoms. The Hall–Kier alpha value is -0.570. The number of hydrogen-bond acceptors (Lipinski definition) is 2. The Morgan fingerprint density at radius 1 is 1.54 bits per heavy atom. The van der Waals surface area contributed by atoms with Crippen LogP contribution in [0.5, 0.6) is 0 Å². The van der Waals surface area contributed by atoms with Crippen LogP contribution in [0.25, 0.3) is 0 Å². The maximum Gasteiger partial charge on any atom is 0.225 e. The van der Waals surface area contributed by atoms with Gasteiger partial charge in [0.25, 0.3) is 0 Å². The van der Waals surface area contributed by atoms with E-state index in [0.717, 1.165) is 32.4 Å². The fourth-order valence-corrected chi connectivity index (χ4v) is 1.88. The molecule has 1 rings (SSSR count). The molecule has 1 heterocycles. The highest BCUT2D eigenvalue weighted by molar-refractivity contribution is 5.79. The first-order valence-corrected chi connectivity index (χ1v) is 5.23. The smallest absolute Gasteiger partial charge is 0.225 e. The summed E-state index contributed by atoms with van der Waals surface area (Å²) in [6, 6.07) is 0.207. The van der Waals surface area contributed by atoms with Crippen LogP contribution in [0.1, 0.15) is 33.1 Å². The van der Waals surface area contributed by atoms with Crippen LogP contribution in [0.3, 0.4) is 0 Å². The van der Waals surface area contributed by atoms with Crippen LogP contribution in [0, 0.1) is 5.92 Å². The molecule has 1 saturated heterocycles. The molecule has 0 aliphatic carbocycles. The third-order valence-corrected chi connectivity index (χ3v) is 2.87. The summed E-state index contributed by atoms with van der Waals surface area (Å²) in [7, 11) is 0. The maximum atomic E-state index is 11.8. The fraction of sp³-hybridized carbons (Fsp3) is 0.900. The Balaban J connectivity index is 2.47. The Bertz CT molecular complexity index is 178. The van der Waals surface area contributed by atoms with E-state index >= 15 is 0 Å². The number of amides is 1. The predicted molar refractivity (Wildman–Crippen MR) is 53.2 cm³/mol. The van der Waals surface area contributed by atoms with Crippen molar-refractivity contribution in [2.24, 2.45) is 11.7 Å². The topological polar surface area (TPSA) is 46.3 Å². The number of nitrogens with zero attached hydrogens (tertiary/aromatic N) is 1. The van der Waals surface area contributed by atoms with Gasteiger partial charge in [0.15, 0.2) is 0 Å². The van der Waals surface area contributed by atoms with E-state index in [9.17, 15) is 4.79 Å². The van der Waals surface area contributed by atoms with Crippen molar-refractivity contribution < 1.29 is 4.79 Å². The first kappa shape index (κ1) is 10.5. The molecule has 0 radical (unpaired) electrons. The summed E-state index contributed by atoms with van der Waals surface area (Å²) < 4.78 is 0. The summed E-state index contributed by atoms with van der Waals surface area (Å²) in [6.07, 6.45) is 2.86. The number of likely N-dealkylation sites (tertiary alicyclic amines) is 1. The van der Waals surface area contributed by atoms with Gasteiger partial charge in [-0.15, -0.1) is 0 Å². The molecule has 3 heteroatoms. The number of hydrogen-bond donors (Lipinski definition) is 1. The highest BCUT2D eigenvalue weighted by Crippen LogP contribution is 2.16. The van der Waals surface area contributed by atoms with Crippen molar-refractivity contribution in [3.63, 3.8) is 0 Å². The van der Waals surface area contributed by atoms with Crippen molar-refractivity contribution in [2.45, 2.75) is 39.2 Å². The predicted octanol–water partition coefficient (Wildman–Crippen LogP) is 0.982. The minimum Gasteiger partial charge on any atom is -0.341 e. The highest BCUT2D eigenvalue weighted by atomic mass is 16.2. The quantitative estimate of drug-likeness (QED) is 0.710. The Morgan fingerprint density at radius 2 is 2.15 bits per heavy atom. The molecule has 0 unspecified atom stereocenters. The van der Waals surface area contributed by atoms with Crippen molar-refractivity contribution in [1.29, 1.82) is 0 Å². The molecule has 1 aliphatic rings. The van der Waals surface area contributed by atoms with Crippen LogP contribution in [-0.4, -0.2) is 29.9 Å². The Morgan fingerprint density at radius 3 is 2.54 bits per heavy atom. The monoisotopic (exact) mass is 184 g/mol. The lowest BCUT2D eigenvalue weighted by Gasteiger charge is -2.21. The second kappa shape index (κ2) is 4.61. The Labute approximate surface area is 80.3 Å². The van der Waals surface area contributed by atoms with E-state index in [4.69, 9.17) is 5.73 Å². The second-order valence-corrected chi connectivity index (χ2v) is 3.85. The van der Waals surface area contributed by atoms with Crippen LogP contribution in [0.4, 0.5) is 0 Å². The standard InChI is InChI=1S/C10H20N2O/c1-3-8(4-2)10(13)12-6-5-9(11)7-12/h8-9H,3-7,11H2,1-2H3/t9-/m0/s1. The second-order valence-electron chi connectivity index (χ2n) is 3.85. The van der Waals surface area contributed by atoms with Crippen LogP contribution in [-0.2, 0) is 4.79 Å². The van der Waals surface area contributed by atoms with Gasteiger partial charge in [0, 0.05) is 25.0 Å². The Kier molecular flexibility index (Phi) is 3.72. The van der Waals surface area contributed by atoms with Crippen LogP contribution >= 0.6 is 0 Å². The molecule has 3 nitrogen and oxygen atoms in total. The first-order chi connectivity index (χ1) is 6.19. The molecule has 1 fully saturated rings. The lowest BCUT2D eigenvalue weighted by Crippen LogP contribution is -2.36. The van der Waals surface area contributed by atoms with Crippen LogP contribution in [0.2, 0.25) is 0 Å². The van der Waals surface area contributed by atoms with Gasteiger partial charge < -0.3 is 10.6 Å². The maximum absolute atomic E-state index is 11.8. The van der Waals surface area contributed by atoms with Gasteiger partial charge in [-0.05, 0) is 19.3 Å². The zero-order valence-corrected chi connectivity index (χ0v) is 8.62. The molecule has 1 aliphatic heterocycles. The molecule has 0 aromatic heterocycles. The molecule has 76 valence electrons. The average molecular weight is 184 g/mol. The van der Waals surface area contributed by atoms with Gasteiger partial charge in [-0.1, -0.05) is 13.8 Å². The summed E-state index contributed by atoms with van der Waals surface area (Å²) >= 11 is 0. The van der Waals surface area contributed by atoms with Crippen molar-refractivity contribution >= 4 is 5.91 Å². The lowest BCUT2D eigenvalue weighted by atomic mass is 10.0. The van der Waals surface area contributed by atoms with E-state index in [-0.39, 0.29) is 12.0 Å². The third kappa shape index (κ3) is 2.44. The number of carbonyl (C=O) groups is 1. The van der Waals surface area contributed by atoms with Gasteiger partial charge in [-0.3, -0.25) is 4.79 Å². The van der Waals surface area contributed by atoms with E-state index in [2.05, 4.69) is 13.8 Å². The third-order valence-electron chi connectivity index (χ3n) is 2.87. The van der Waals surface area contributed by atoms with Crippen molar-refractivity contribution in [2.75, 3.05) is 13.1 Å². The van der Waals surface area contributed by atoms with Gasteiger partial charge in [-0.25, -0.2) is 0 Å². The summed E-state index contributed by atoms with van der Waals surface area (Å²) in [4.78, 5) is 13.7. The molecular weight excluding hydrogens is 164 g/mol. The SMILES string of the molecule is CCC(CC)C(=O)N1CC[C@H](N)C1. The minimum absolute atomic E-state index is 0.207. The first-order valence-electron chi connectivity index (χ1n) is 5.23. The van der Waals surface area contributed by atoms with E-state index in [1.54, 1.807) is 0 Å². The number of nitrogens with two attached hydrogens (primary N) is 1. The zero-order chi connectivity index (χ0) is 9.84. The van der Waals surface area contributed by atoms with E-state index in [1.165, 1.54) is 0 Å². The van der Waals surface area contributed by atoms with Gasteiger partial charge in [0.05, 0.1) is 0 Å². The van der Waals surface area contributed by atoms with E-state index in [0.29, 0.717) is 5.91 Å². The van der Waals surface area contributed by atoms with Gasteiger partial charge in [-0.2, -0.15) is 0 Å². The largest absolute Gasteiger partial charge is 0.341 e. The van der Waals surface area contributed by atoms with Gasteiger partial charge in [0.1, 0.15) is 0 Å².